The van der Waals surface area contributed by atoms with Crippen LogP contribution < -0.4 is 10.9 Å². The van der Waals surface area contributed by atoms with E-state index in [1.807, 2.05) is 17.7 Å². The van der Waals surface area contributed by atoms with Gasteiger partial charge in [0.15, 0.2) is 0 Å². The SMILES string of the molecule is CC[C@H](Cn1ccnc1)NC(=O)c1c(C)cc(C)[nH]c1=O. The Labute approximate surface area is 123 Å². The molecule has 0 radical (unpaired) electrons. The molecule has 6 heteroatoms. The topological polar surface area (TPSA) is 79.8 Å². The molecule has 0 aliphatic rings. The summed E-state index contributed by atoms with van der Waals surface area (Å²) >= 11 is 0. The number of aromatic amines is 1. The summed E-state index contributed by atoms with van der Waals surface area (Å²) < 4.78 is 1.90. The van der Waals surface area contributed by atoms with E-state index >= 15 is 0 Å². The number of pyridine rings is 1. The Morgan fingerprint density at radius 2 is 2.24 bits per heavy atom. The lowest BCUT2D eigenvalue weighted by molar-refractivity contribution is 0.0929. The molecule has 0 spiro atoms. The van der Waals surface area contributed by atoms with Crippen LogP contribution in [0, 0.1) is 13.8 Å². The van der Waals surface area contributed by atoms with Crippen molar-refractivity contribution in [2.45, 2.75) is 39.8 Å². The van der Waals surface area contributed by atoms with E-state index in [9.17, 15) is 9.59 Å². The van der Waals surface area contributed by atoms with Gasteiger partial charge in [0, 0.05) is 30.7 Å². The standard InChI is InChI=1S/C15H20N4O2/c1-4-12(8-19-6-5-16-9-19)18-15(21)13-10(2)7-11(3)17-14(13)20/h5-7,9,12H,4,8H2,1-3H3,(H,17,20)(H,18,21)/t12-/m1/s1. The van der Waals surface area contributed by atoms with E-state index in [-0.39, 0.29) is 23.1 Å². The molecule has 2 aromatic rings. The highest BCUT2D eigenvalue weighted by molar-refractivity contribution is 5.95. The summed E-state index contributed by atoms with van der Waals surface area (Å²) in [7, 11) is 0. The Bertz CT molecular complexity index is 673. The normalized spacial score (nSPS) is 12.1. The maximum Gasteiger partial charge on any atom is 0.261 e. The number of amides is 1. The Balaban J connectivity index is 2.15. The molecule has 2 heterocycles. The average molecular weight is 288 g/mol. The number of carbonyl (C=O) groups excluding carboxylic acids is 1. The number of nitrogens with zero attached hydrogens (tertiary/aromatic N) is 2. The fourth-order valence-corrected chi connectivity index (χ4v) is 2.32. The molecule has 2 rings (SSSR count). The number of hydrogen-bond acceptors (Lipinski definition) is 3. The van der Waals surface area contributed by atoms with E-state index < -0.39 is 0 Å². The molecule has 6 nitrogen and oxygen atoms in total. The minimum atomic E-state index is -0.345. The summed E-state index contributed by atoms with van der Waals surface area (Å²) in [6, 6.07) is 1.75. The van der Waals surface area contributed by atoms with Gasteiger partial charge in [0.05, 0.1) is 6.33 Å². The number of carbonyl (C=O) groups is 1. The third-order valence-corrected chi connectivity index (χ3v) is 3.41. The molecule has 2 aromatic heterocycles. The van der Waals surface area contributed by atoms with Crippen LogP contribution in [0.25, 0.3) is 0 Å². The first-order valence-electron chi connectivity index (χ1n) is 6.98. The van der Waals surface area contributed by atoms with Crippen LogP contribution in [0.2, 0.25) is 0 Å². The Hall–Kier alpha value is -2.37. The van der Waals surface area contributed by atoms with Crippen molar-refractivity contribution in [3.05, 3.63) is 52.0 Å². The first kappa shape index (κ1) is 15.0. The number of rotatable bonds is 5. The van der Waals surface area contributed by atoms with Crippen LogP contribution in [-0.4, -0.2) is 26.5 Å². The minimum Gasteiger partial charge on any atom is -0.347 e. The van der Waals surface area contributed by atoms with E-state index in [1.165, 1.54) is 0 Å². The molecule has 0 fully saturated rings. The van der Waals surface area contributed by atoms with Crippen LogP contribution in [0.1, 0.15) is 35.0 Å². The van der Waals surface area contributed by atoms with Crippen LogP contribution in [0.4, 0.5) is 0 Å². The molecule has 0 aliphatic heterocycles. The second-order valence-electron chi connectivity index (χ2n) is 5.18. The van der Waals surface area contributed by atoms with Crippen molar-refractivity contribution in [3.63, 3.8) is 0 Å². The van der Waals surface area contributed by atoms with E-state index in [0.29, 0.717) is 12.1 Å². The highest BCUT2D eigenvalue weighted by atomic mass is 16.2. The van der Waals surface area contributed by atoms with Crippen molar-refractivity contribution < 1.29 is 4.79 Å². The first-order chi connectivity index (χ1) is 10.0. The van der Waals surface area contributed by atoms with Gasteiger partial charge in [0.1, 0.15) is 5.56 Å². The number of imidazole rings is 1. The number of hydrogen-bond donors (Lipinski definition) is 2. The van der Waals surface area contributed by atoms with Gasteiger partial charge in [-0.3, -0.25) is 9.59 Å². The molecular weight excluding hydrogens is 268 g/mol. The van der Waals surface area contributed by atoms with Gasteiger partial charge in [-0.2, -0.15) is 0 Å². The summed E-state index contributed by atoms with van der Waals surface area (Å²) in [6.45, 7) is 6.19. The molecule has 1 amide bonds. The molecule has 112 valence electrons. The third kappa shape index (κ3) is 3.59. The summed E-state index contributed by atoms with van der Waals surface area (Å²) in [5.41, 5.74) is 1.28. The monoisotopic (exact) mass is 288 g/mol. The molecule has 1 atom stereocenters. The maximum absolute atomic E-state index is 12.3. The van der Waals surface area contributed by atoms with Gasteiger partial charge in [-0.05, 0) is 31.9 Å². The molecule has 0 unspecified atom stereocenters. The Morgan fingerprint density at radius 1 is 1.48 bits per heavy atom. The van der Waals surface area contributed by atoms with Crippen LogP contribution in [0.5, 0.6) is 0 Å². The smallest absolute Gasteiger partial charge is 0.261 e. The number of H-pyrrole nitrogens is 1. The van der Waals surface area contributed by atoms with Gasteiger partial charge in [0.2, 0.25) is 0 Å². The zero-order valence-corrected chi connectivity index (χ0v) is 12.5. The van der Waals surface area contributed by atoms with Gasteiger partial charge < -0.3 is 14.9 Å². The lowest BCUT2D eigenvalue weighted by Crippen LogP contribution is -2.40. The number of aromatic nitrogens is 3. The minimum absolute atomic E-state index is 0.0493. The van der Waals surface area contributed by atoms with E-state index in [0.717, 1.165) is 12.1 Å². The van der Waals surface area contributed by atoms with Gasteiger partial charge in [0.25, 0.3) is 11.5 Å². The van der Waals surface area contributed by atoms with Crippen molar-refractivity contribution in [3.8, 4) is 0 Å². The van der Waals surface area contributed by atoms with Crippen molar-refractivity contribution in [1.82, 2.24) is 19.9 Å². The van der Waals surface area contributed by atoms with Crippen molar-refractivity contribution in [2.75, 3.05) is 0 Å². The summed E-state index contributed by atoms with van der Waals surface area (Å²) in [5.74, 6) is -0.333. The molecule has 0 bridgehead atoms. The van der Waals surface area contributed by atoms with E-state index in [1.54, 1.807) is 32.4 Å². The second-order valence-corrected chi connectivity index (χ2v) is 5.18. The Morgan fingerprint density at radius 3 is 2.81 bits per heavy atom. The van der Waals surface area contributed by atoms with Gasteiger partial charge >= 0.3 is 0 Å². The first-order valence-corrected chi connectivity index (χ1v) is 6.98. The van der Waals surface area contributed by atoms with Crippen LogP contribution >= 0.6 is 0 Å². The molecule has 2 N–H and O–H groups in total. The number of aryl methyl sites for hydroxylation is 2. The average Bonchev–Trinajstić information content (AvgIpc) is 2.89. The largest absolute Gasteiger partial charge is 0.347 e. The lowest BCUT2D eigenvalue weighted by Gasteiger charge is -2.18. The highest BCUT2D eigenvalue weighted by Gasteiger charge is 2.17. The van der Waals surface area contributed by atoms with Crippen LogP contribution in [0.3, 0.4) is 0 Å². The fourth-order valence-electron chi connectivity index (χ4n) is 2.32. The molecule has 0 aromatic carbocycles. The molecular formula is C15H20N4O2. The molecule has 0 aliphatic carbocycles. The van der Waals surface area contributed by atoms with Gasteiger partial charge in [-0.15, -0.1) is 0 Å². The van der Waals surface area contributed by atoms with Gasteiger partial charge in [-0.1, -0.05) is 6.92 Å². The van der Waals surface area contributed by atoms with Crippen molar-refractivity contribution in [2.24, 2.45) is 0 Å². The Kier molecular flexibility index (Phi) is 4.57. The van der Waals surface area contributed by atoms with Crippen molar-refractivity contribution in [1.29, 1.82) is 0 Å². The highest BCUT2D eigenvalue weighted by Crippen LogP contribution is 2.05. The van der Waals surface area contributed by atoms with E-state index in [4.69, 9.17) is 0 Å². The predicted octanol–water partition coefficient (Wildman–Crippen LogP) is 1.40. The fraction of sp³-hybridized carbons (Fsp3) is 0.400. The van der Waals surface area contributed by atoms with E-state index in [2.05, 4.69) is 15.3 Å². The summed E-state index contributed by atoms with van der Waals surface area (Å²) in [6.07, 6.45) is 6.02. The maximum atomic E-state index is 12.3. The molecule has 0 saturated heterocycles. The van der Waals surface area contributed by atoms with Crippen molar-refractivity contribution >= 4 is 5.91 Å². The predicted molar refractivity (Wildman–Crippen MR) is 80.3 cm³/mol. The second kappa shape index (κ2) is 6.39. The summed E-state index contributed by atoms with van der Waals surface area (Å²) in [5, 5.41) is 2.91. The zero-order valence-electron chi connectivity index (χ0n) is 12.5. The summed E-state index contributed by atoms with van der Waals surface area (Å²) in [4.78, 5) is 30.9. The third-order valence-electron chi connectivity index (χ3n) is 3.41. The lowest BCUT2D eigenvalue weighted by atomic mass is 10.1. The molecule has 21 heavy (non-hydrogen) atoms. The zero-order chi connectivity index (χ0) is 15.4. The van der Waals surface area contributed by atoms with Crippen LogP contribution in [0.15, 0.2) is 29.6 Å². The molecule has 0 saturated carbocycles. The quantitative estimate of drug-likeness (QED) is 0.872. The van der Waals surface area contributed by atoms with Gasteiger partial charge in [-0.25, -0.2) is 4.98 Å². The number of nitrogens with one attached hydrogen (secondary N) is 2. The van der Waals surface area contributed by atoms with Crippen LogP contribution in [-0.2, 0) is 6.54 Å².